The number of Topliss-reactive ketones (excluding diaryl/α,β-unsaturated/α-hetero) is 1. The van der Waals surface area contributed by atoms with Crippen LogP contribution in [-0.4, -0.2) is 27.4 Å². The third kappa shape index (κ3) is 4.31. The first-order valence-electron chi connectivity index (χ1n) is 8.81. The largest absolute Gasteiger partial charge is 0.486 e. The number of ketones is 1. The Labute approximate surface area is 159 Å². The summed E-state index contributed by atoms with van der Waals surface area (Å²) in [5, 5.41) is 0. The molecule has 3 rings (SSSR count). The molecule has 1 unspecified atom stereocenters. The maximum absolute atomic E-state index is 12.8. The van der Waals surface area contributed by atoms with Crippen molar-refractivity contribution in [1.82, 2.24) is 4.72 Å². The van der Waals surface area contributed by atoms with Gasteiger partial charge in [0.25, 0.3) is 0 Å². The monoisotopic (exact) mass is 389 g/mol. The minimum Gasteiger partial charge on any atom is -0.486 e. The van der Waals surface area contributed by atoms with Gasteiger partial charge in [0.05, 0.1) is 4.90 Å². The summed E-state index contributed by atoms with van der Waals surface area (Å²) in [6.07, 6.45) is 0. The van der Waals surface area contributed by atoms with Crippen LogP contribution in [0.5, 0.6) is 11.5 Å². The smallest absolute Gasteiger partial charge is 0.241 e. The summed E-state index contributed by atoms with van der Waals surface area (Å²) in [6, 6.07) is 11.0. The lowest BCUT2D eigenvalue weighted by molar-refractivity contribution is 0.101. The van der Waals surface area contributed by atoms with E-state index in [1.54, 1.807) is 6.07 Å². The Morgan fingerprint density at radius 1 is 1.00 bits per heavy atom. The van der Waals surface area contributed by atoms with Crippen LogP contribution in [0.25, 0.3) is 0 Å². The van der Waals surface area contributed by atoms with Crippen molar-refractivity contribution in [3.8, 4) is 11.5 Å². The maximum Gasteiger partial charge on any atom is 0.241 e. The predicted octanol–water partition coefficient (Wildman–Crippen LogP) is 3.34. The molecule has 1 heterocycles. The number of carbonyl (C=O) groups is 1. The van der Waals surface area contributed by atoms with E-state index < -0.39 is 16.1 Å². The lowest BCUT2D eigenvalue weighted by Crippen LogP contribution is -2.32. The molecular formula is C20H23NO5S. The van der Waals surface area contributed by atoms with Crippen LogP contribution in [0.2, 0.25) is 0 Å². The molecule has 1 aliphatic heterocycles. The van der Waals surface area contributed by atoms with Crippen molar-refractivity contribution >= 4 is 15.8 Å². The summed E-state index contributed by atoms with van der Waals surface area (Å²) in [4.78, 5) is 11.5. The van der Waals surface area contributed by atoms with E-state index in [1.165, 1.54) is 31.2 Å². The fourth-order valence-corrected chi connectivity index (χ4v) is 4.32. The second-order valence-electron chi connectivity index (χ2n) is 6.83. The van der Waals surface area contributed by atoms with Gasteiger partial charge in [-0.15, -0.1) is 0 Å². The summed E-state index contributed by atoms with van der Waals surface area (Å²) in [5.41, 5.74) is 1.28. The Morgan fingerprint density at radius 2 is 1.63 bits per heavy atom. The van der Waals surface area contributed by atoms with E-state index in [0.29, 0.717) is 30.3 Å². The summed E-state index contributed by atoms with van der Waals surface area (Å²) >= 11 is 0. The first-order valence-corrected chi connectivity index (χ1v) is 10.3. The number of hydrogen-bond donors (Lipinski definition) is 1. The van der Waals surface area contributed by atoms with E-state index in [4.69, 9.17) is 9.47 Å². The molecule has 144 valence electrons. The minimum absolute atomic E-state index is 0.0128. The molecule has 1 aliphatic rings. The van der Waals surface area contributed by atoms with Gasteiger partial charge in [-0.05, 0) is 42.7 Å². The van der Waals surface area contributed by atoms with Gasteiger partial charge in [-0.2, -0.15) is 0 Å². The molecular weight excluding hydrogens is 366 g/mol. The highest BCUT2D eigenvalue weighted by molar-refractivity contribution is 7.89. The Morgan fingerprint density at radius 3 is 2.22 bits per heavy atom. The molecule has 2 aromatic carbocycles. The second-order valence-corrected chi connectivity index (χ2v) is 8.54. The normalized spacial score (nSPS) is 14.8. The highest BCUT2D eigenvalue weighted by Crippen LogP contribution is 2.35. The molecule has 0 radical (unpaired) electrons. The van der Waals surface area contributed by atoms with Crippen LogP contribution in [0.1, 0.15) is 42.7 Å². The molecule has 6 nitrogen and oxygen atoms in total. The predicted molar refractivity (Wildman–Crippen MR) is 102 cm³/mol. The number of rotatable bonds is 6. The average molecular weight is 389 g/mol. The van der Waals surface area contributed by atoms with E-state index in [-0.39, 0.29) is 16.6 Å². The van der Waals surface area contributed by atoms with Crippen LogP contribution in [0.3, 0.4) is 0 Å². The molecule has 1 N–H and O–H groups in total. The first-order chi connectivity index (χ1) is 12.8. The maximum atomic E-state index is 12.8. The molecule has 7 heteroatoms. The van der Waals surface area contributed by atoms with Crippen LogP contribution in [0.15, 0.2) is 47.4 Å². The topological polar surface area (TPSA) is 81.7 Å². The third-order valence-corrected chi connectivity index (χ3v) is 5.90. The molecule has 0 amide bonds. The zero-order valence-electron chi connectivity index (χ0n) is 15.6. The van der Waals surface area contributed by atoms with Crippen LogP contribution in [0.4, 0.5) is 0 Å². The molecule has 0 saturated carbocycles. The van der Waals surface area contributed by atoms with Gasteiger partial charge in [-0.3, -0.25) is 4.79 Å². The number of sulfonamides is 1. The number of carbonyl (C=O) groups excluding carboxylic acids is 1. The van der Waals surface area contributed by atoms with E-state index >= 15 is 0 Å². The molecule has 27 heavy (non-hydrogen) atoms. The van der Waals surface area contributed by atoms with E-state index in [9.17, 15) is 13.2 Å². The van der Waals surface area contributed by atoms with Gasteiger partial charge in [-0.1, -0.05) is 32.0 Å². The molecule has 0 saturated heterocycles. The SMILES string of the molecule is CC(=O)c1ccc(S(=O)(=O)NC(c2ccc3c(c2)OCCO3)C(C)C)cc1. The Kier molecular flexibility index (Phi) is 5.53. The van der Waals surface area contributed by atoms with Crippen LogP contribution in [-0.2, 0) is 10.0 Å². The molecule has 0 fully saturated rings. The van der Waals surface area contributed by atoms with Gasteiger partial charge < -0.3 is 9.47 Å². The Hall–Kier alpha value is -2.38. The average Bonchev–Trinajstić information content (AvgIpc) is 2.65. The quantitative estimate of drug-likeness (QED) is 0.767. The van der Waals surface area contributed by atoms with Crippen LogP contribution < -0.4 is 14.2 Å². The van der Waals surface area contributed by atoms with Gasteiger partial charge in [0, 0.05) is 11.6 Å². The van der Waals surface area contributed by atoms with Gasteiger partial charge >= 0.3 is 0 Å². The number of fused-ring (bicyclic) bond motifs is 1. The zero-order chi connectivity index (χ0) is 19.6. The van der Waals surface area contributed by atoms with E-state index in [2.05, 4.69) is 4.72 Å². The molecule has 0 spiro atoms. The number of ether oxygens (including phenoxy) is 2. The molecule has 1 atom stereocenters. The summed E-state index contributed by atoms with van der Waals surface area (Å²) < 4.78 is 39.6. The lowest BCUT2D eigenvalue weighted by Gasteiger charge is -2.25. The molecule has 0 aromatic heterocycles. The van der Waals surface area contributed by atoms with Gasteiger partial charge in [0.15, 0.2) is 17.3 Å². The summed E-state index contributed by atoms with van der Waals surface area (Å²) in [5.74, 6) is 1.19. The third-order valence-electron chi connectivity index (χ3n) is 4.45. The van der Waals surface area contributed by atoms with Crippen molar-refractivity contribution in [3.05, 3.63) is 53.6 Å². The molecule has 0 bridgehead atoms. The lowest BCUT2D eigenvalue weighted by atomic mass is 9.97. The summed E-state index contributed by atoms with van der Waals surface area (Å²) in [6.45, 7) is 6.31. The zero-order valence-corrected chi connectivity index (χ0v) is 16.4. The number of hydrogen-bond acceptors (Lipinski definition) is 5. The molecule has 0 aliphatic carbocycles. The van der Waals surface area contributed by atoms with E-state index in [1.807, 2.05) is 26.0 Å². The standard InChI is InChI=1S/C20H23NO5S/c1-13(2)20(16-6-9-18-19(12-16)26-11-10-25-18)21-27(23,24)17-7-4-15(5-8-17)14(3)22/h4-9,12-13,20-21H,10-11H2,1-3H3. The molecule has 2 aromatic rings. The van der Waals surface area contributed by atoms with Crippen molar-refractivity contribution < 1.29 is 22.7 Å². The number of nitrogens with one attached hydrogen (secondary N) is 1. The fraction of sp³-hybridized carbons (Fsp3) is 0.350. The van der Waals surface area contributed by atoms with Gasteiger partial charge in [0.1, 0.15) is 13.2 Å². The van der Waals surface area contributed by atoms with Crippen molar-refractivity contribution in [2.75, 3.05) is 13.2 Å². The van der Waals surface area contributed by atoms with Crippen LogP contribution in [0, 0.1) is 5.92 Å². The first kappa shape index (κ1) is 19.4. The number of benzene rings is 2. The Bertz CT molecular complexity index is 935. The fourth-order valence-electron chi connectivity index (χ4n) is 2.95. The van der Waals surface area contributed by atoms with Gasteiger partial charge in [0.2, 0.25) is 10.0 Å². The minimum atomic E-state index is -3.75. The highest BCUT2D eigenvalue weighted by atomic mass is 32.2. The van der Waals surface area contributed by atoms with Crippen molar-refractivity contribution in [1.29, 1.82) is 0 Å². The van der Waals surface area contributed by atoms with E-state index in [0.717, 1.165) is 5.56 Å². The van der Waals surface area contributed by atoms with Crippen molar-refractivity contribution in [2.45, 2.75) is 31.7 Å². The summed E-state index contributed by atoms with van der Waals surface area (Å²) in [7, 11) is -3.75. The van der Waals surface area contributed by atoms with Crippen molar-refractivity contribution in [3.63, 3.8) is 0 Å². The van der Waals surface area contributed by atoms with Gasteiger partial charge in [-0.25, -0.2) is 13.1 Å². The Balaban J connectivity index is 1.88. The van der Waals surface area contributed by atoms with Crippen LogP contribution >= 0.6 is 0 Å². The second kappa shape index (κ2) is 7.70. The van der Waals surface area contributed by atoms with Crippen molar-refractivity contribution in [2.24, 2.45) is 5.92 Å². The highest BCUT2D eigenvalue weighted by Gasteiger charge is 2.25.